The Morgan fingerprint density at radius 1 is 0.441 bits per heavy atom. The quantitative estimate of drug-likeness (QED) is 0.0147. The number of alkyl halides is 13. The van der Waals surface area contributed by atoms with E-state index in [1.165, 1.54) is 163 Å². The average Bonchev–Trinajstić information content (AvgIpc) is 1.64. The Morgan fingerprint density at radius 3 is 0.835 bits per heavy atom. The van der Waals surface area contributed by atoms with Crippen LogP contribution in [0.4, 0.5) is 52.7 Å². The van der Waals surface area contributed by atoms with E-state index in [1.54, 1.807) is 28.1 Å². The molecule has 0 saturated heterocycles. The summed E-state index contributed by atoms with van der Waals surface area (Å²) in [6.45, 7) is 4.56. The van der Waals surface area contributed by atoms with E-state index in [2.05, 4.69) is 64.0 Å². The number of aryl methyl sites for hydroxylation is 6. The summed E-state index contributed by atoms with van der Waals surface area (Å²) in [7, 11) is -3.52. The second-order valence-electron chi connectivity index (χ2n) is 26.9. The molecule has 11 aromatic heterocycles. The summed E-state index contributed by atoms with van der Waals surface area (Å²) in [4.78, 5) is 62.7. The smallest absolute Gasteiger partial charge is 0.395 e. The van der Waals surface area contributed by atoms with Crippen molar-refractivity contribution in [1.29, 1.82) is 1.34 Å². The molecule has 11 aromatic rings. The first-order valence-corrected chi connectivity index (χ1v) is 42.4. The average molecular weight is 2270 g/mol. The molecule has 15 rings (SSSR count). The maximum atomic E-state index is 12.6. The number of pyridine rings is 4. The van der Waals surface area contributed by atoms with Crippen LogP contribution in [-0.4, -0.2) is 211 Å². The first-order valence-electron chi connectivity index (χ1n) is 36.2. The van der Waals surface area contributed by atoms with Crippen molar-refractivity contribution in [2.24, 2.45) is 50.0 Å². The minimum Gasteiger partial charge on any atom is -0.478 e. The number of halogens is 17. The van der Waals surface area contributed by atoms with Gasteiger partial charge < -0.3 is 29.2 Å². The van der Waals surface area contributed by atoms with Crippen LogP contribution in [0.5, 0.6) is 23.5 Å². The van der Waals surface area contributed by atoms with Crippen molar-refractivity contribution in [2.75, 3.05) is 4.91 Å². The maximum Gasteiger partial charge on any atom is 0.395 e. The van der Waals surface area contributed by atoms with Crippen molar-refractivity contribution >= 4 is 131 Å². The van der Waals surface area contributed by atoms with Gasteiger partial charge in [0.25, 0.3) is 31.9 Å². The molecule has 0 aliphatic heterocycles. The van der Waals surface area contributed by atoms with Gasteiger partial charge in [-0.15, -0.1) is 20.4 Å². The zero-order valence-corrected chi connectivity index (χ0v) is 76.9. The summed E-state index contributed by atoms with van der Waals surface area (Å²) in [5.74, 6) is -9.66. The molecule has 8 atom stereocenters. The van der Waals surface area contributed by atoms with E-state index in [1.807, 2.05) is 32.0 Å². The topological polar surface area (TPSA) is 474 Å². The third-order valence-electron chi connectivity index (χ3n) is 17.4. The number of carboxylic acids is 2. The van der Waals surface area contributed by atoms with E-state index in [4.69, 9.17) is 83.4 Å². The number of carbonyl (C=O) groups is 4. The number of rotatable bonds is 21. The Kier molecular flexibility index (Phi) is 31.6. The van der Waals surface area contributed by atoms with Crippen molar-refractivity contribution < 1.29 is 159 Å². The standard InChI is InChI=1S/2C18H16ClF3N6O4S.2C13H9ClF3N3O3.C5H9N3O2S.CH3I.BH.U/c2*1-9-13(8-27(2)24-9)33(30,31)26-17(29)10-3-4-14(23-16(10)19)28-6-5-15(25-28)32-12-7-11(12)18(20,21)22;2*14-11-6(12(21)22)1-2-9(18-11)20-4-3-10(19-20)23-8-5-7(8)13(15,16)17;1-4-5(11(6,9)10)3-8(2)7-4;1-2;;/h2*3-6,8,11-12H,7H2,1-2H3,(H,26,29);2*1-4,7-8H,5H2,(H,21,22);3H,1-2H3,(H2,6,9,10);1H3;1H;/t2*11-,12+;2*7-,8+;;;;/m1000..../s1/i;;;;;2*1D;. The molecular formula is C68H63BCl4F12IN21O16S3U. The molecule has 4 fully saturated rings. The number of aromatic nitrogens is 18. The van der Waals surface area contributed by atoms with Crippen LogP contribution in [-0.2, 0) is 51.2 Å². The first-order chi connectivity index (χ1) is 59.5. The number of nitrogens with two attached hydrogens (primary N) is 1. The number of hydrogen-bond acceptors (Lipinski definition) is 25. The number of carboxylic acid groups (broad SMARTS) is 2. The second kappa shape index (κ2) is 40.4. The van der Waals surface area contributed by atoms with Crippen molar-refractivity contribution in [3.05, 3.63) is 176 Å². The predicted molar refractivity (Wildman–Crippen MR) is 425 cm³/mol. The van der Waals surface area contributed by atoms with E-state index < -0.39 is 127 Å². The van der Waals surface area contributed by atoms with E-state index in [9.17, 15) is 97.1 Å². The number of nitrogens with zero attached hydrogens (tertiary/aromatic N) is 18. The number of carbonyl (C=O) groups excluding carboxylic acids is 2. The van der Waals surface area contributed by atoms with E-state index in [-0.39, 0.29) is 173 Å². The summed E-state index contributed by atoms with van der Waals surface area (Å²) in [5, 5.41) is 49.2. The van der Waals surface area contributed by atoms with Crippen LogP contribution in [0.2, 0.25) is 20.6 Å². The zero-order valence-electron chi connectivity index (χ0n) is 67.1. The second-order valence-corrected chi connectivity index (χ2v) is 33.1. The molecule has 0 spiro atoms. The molecule has 11 heterocycles. The molecule has 2 radical (unpaired) electrons. The van der Waals surface area contributed by atoms with Crippen molar-refractivity contribution in [3.8, 4) is 46.8 Å². The van der Waals surface area contributed by atoms with Gasteiger partial charge in [-0.1, -0.05) is 69.0 Å². The van der Waals surface area contributed by atoms with E-state index >= 15 is 0 Å². The summed E-state index contributed by atoms with van der Waals surface area (Å²) in [5.41, 5.74) is 0.106. The van der Waals surface area contributed by atoms with Gasteiger partial charge in [-0.05, 0) is 101 Å². The summed E-state index contributed by atoms with van der Waals surface area (Å²) in [6.07, 6.45) is -11.9. The number of sulfonamides is 3. The maximum absolute atomic E-state index is 12.6. The Bertz CT molecular complexity index is 5950. The number of hydrogen-bond donors (Lipinski definition) is 5. The van der Waals surface area contributed by atoms with Crippen molar-refractivity contribution in [3.63, 3.8) is 0 Å². The fourth-order valence-electron chi connectivity index (χ4n) is 11.1. The van der Waals surface area contributed by atoms with Crippen LogP contribution in [0, 0.1) is 75.6 Å². The molecule has 2 amide bonds. The van der Waals surface area contributed by atoms with Gasteiger partial charge in [-0.25, -0.2) is 88.1 Å². The molecule has 0 aromatic carbocycles. The number of ether oxygens (including phenoxy) is 4. The molecular weight excluding hydrogens is 2210 g/mol. The van der Waals surface area contributed by atoms with Gasteiger partial charge in [-0.2, -0.15) is 68.0 Å². The third-order valence-corrected chi connectivity index (χ3v) is 22.5. The molecule has 0 bridgehead atoms. The number of nitrogens with one attached hydrogen (secondary N) is 2. The molecule has 59 heteroatoms. The third kappa shape index (κ3) is 26.7. The van der Waals surface area contributed by atoms with Crippen molar-refractivity contribution in [2.45, 2.75) is 110 Å². The summed E-state index contributed by atoms with van der Waals surface area (Å²) >= 11 is 25.6. The first kappa shape index (κ1) is 99.3. The van der Waals surface area contributed by atoms with Crippen LogP contribution in [0.15, 0.2) is 131 Å². The fraction of sp³-hybridized carbons (Fsp3) is 0.338. The minimum absolute atomic E-state index is 0. The number of amides is 2. The molecule has 127 heavy (non-hydrogen) atoms. The molecule has 6 N–H and O–H groups in total. The van der Waals surface area contributed by atoms with Crippen LogP contribution < -0.4 is 33.5 Å². The van der Waals surface area contributed by atoms with E-state index in [0.29, 0.717) is 10.6 Å². The van der Waals surface area contributed by atoms with Gasteiger partial charge in [0, 0.05) is 130 Å². The molecule has 0 unspecified atom stereocenters. The molecule has 4 saturated carbocycles. The minimum atomic E-state index is -4.32. The number of aromatic carboxylic acids is 2. The Morgan fingerprint density at radius 2 is 0.661 bits per heavy atom. The Labute approximate surface area is 771 Å². The monoisotopic (exact) mass is 2270 g/mol. The Hall–Kier alpha value is -9.87. The summed E-state index contributed by atoms with van der Waals surface area (Å²) in [6, 6.07) is 16.0. The van der Waals surface area contributed by atoms with Gasteiger partial charge in [0.05, 0.1) is 63.0 Å². The Balaban J connectivity index is 0.000000202. The molecule has 4 aliphatic carbocycles. The largest absolute Gasteiger partial charge is 0.478 e. The van der Waals surface area contributed by atoms with Gasteiger partial charge >= 0.3 is 36.6 Å². The van der Waals surface area contributed by atoms with Gasteiger partial charge in [0.1, 0.15) is 59.7 Å². The van der Waals surface area contributed by atoms with E-state index in [0.717, 1.165) is 0 Å². The van der Waals surface area contributed by atoms with Crippen LogP contribution in [0.3, 0.4) is 0 Å². The van der Waals surface area contributed by atoms with Gasteiger partial charge in [-0.3, -0.25) is 23.6 Å². The van der Waals surface area contributed by atoms with Gasteiger partial charge in [0.15, 0.2) is 23.3 Å². The van der Waals surface area contributed by atoms with Crippen LogP contribution in [0.1, 0.15) is 85.6 Å². The SMILES string of the molecule is Cc1nn(C)cc1S(=O)(=O)NC(=O)c1ccc(-n2ccc(O[C@@H]3C[C@@H]3C(F)(F)F)n2)nc1Cl.Cc1nn(C)cc1S(=O)(=O)NC(=O)c1ccc(-n2ccc(O[C@H]3C[C@H]3C(F)(F)F)n2)nc1Cl.Cc1nn(C)cc1S(N)(=O)=O.O=C(O)c1ccc(-n2ccc(O[C@@H]3C[C@@H]3C(F)(F)F)n2)nc1Cl.O=C(O)c1ccc(-n2ccc(O[C@@H]3C[C@@H]3C(F)(F)F)n2)nc1Cl.[2H]CI.[2H][B].[U]. The normalized spacial score (nSPS) is 18.1. The molecule has 4 aliphatic rings. The van der Waals surface area contributed by atoms with Crippen molar-refractivity contribution in [1.82, 2.24) is 97.8 Å². The molecule has 37 nitrogen and oxygen atoms in total. The number of primary sulfonamides is 1. The van der Waals surface area contributed by atoms with Crippen LogP contribution in [0.25, 0.3) is 23.3 Å². The molecule has 680 valence electrons. The van der Waals surface area contributed by atoms with Gasteiger partial charge in [0.2, 0.25) is 33.5 Å². The fourth-order valence-corrected chi connectivity index (χ4v) is 15.1. The van der Waals surface area contributed by atoms with Crippen LogP contribution >= 0.6 is 69.0 Å². The predicted octanol–water partition coefficient (Wildman–Crippen LogP) is 10.5. The summed E-state index contributed by atoms with van der Waals surface area (Å²) < 4.78 is 267. The zero-order chi connectivity index (χ0) is 95.2.